The van der Waals surface area contributed by atoms with E-state index in [1.807, 2.05) is 30.3 Å². The minimum absolute atomic E-state index is 0.152. The Kier molecular flexibility index (Phi) is 4.94. The third-order valence-electron chi connectivity index (χ3n) is 4.03. The highest BCUT2D eigenvalue weighted by atomic mass is 32.1. The maximum atomic E-state index is 12.3. The lowest BCUT2D eigenvalue weighted by molar-refractivity contribution is -0.123. The van der Waals surface area contributed by atoms with Gasteiger partial charge in [0.2, 0.25) is 6.79 Å². The topological polar surface area (TPSA) is 86.8 Å². The lowest BCUT2D eigenvalue weighted by atomic mass is 10.2. The number of amides is 1. The van der Waals surface area contributed by atoms with Crippen molar-refractivity contribution in [1.82, 2.24) is 4.98 Å². The number of benzene rings is 2. The number of hydrogen-bond donors (Lipinski definition) is 1. The monoisotopic (exact) mass is 396 g/mol. The van der Waals surface area contributed by atoms with Crippen LogP contribution in [0, 0.1) is 0 Å². The van der Waals surface area contributed by atoms with E-state index in [2.05, 4.69) is 10.3 Å². The molecule has 3 aromatic rings. The van der Waals surface area contributed by atoms with Crippen LogP contribution in [0.25, 0.3) is 10.6 Å². The molecule has 8 heteroatoms. The Morgan fingerprint density at radius 2 is 1.93 bits per heavy atom. The number of ether oxygens (including phenoxy) is 3. The molecule has 1 aromatic heterocycles. The molecule has 1 aliphatic rings. The van der Waals surface area contributed by atoms with Crippen LogP contribution in [0.1, 0.15) is 17.4 Å². The number of nitrogens with one attached hydrogen (secondary N) is 1. The first-order valence-electron chi connectivity index (χ1n) is 8.52. The van der Waals surface area contributed by atoms with E-state index in [1.54, 1.807) is 23.6 Å². The smallest absolute Gasteiger partial charge is 0.358 e. The number of anilines is 1. The molecule has 0 fully saturated rings. The van der Waals surface area contributed by atoms with Crippen LogP contribution in [0.2, 0.25) is 0 Å². The molecule has 1 atom stereocenters. The Labute approximate surface area is 164 Å². The zero-order valence-electron chi connectivity index (χ0n) is 14.9. The Morgan fingerprint density at radius 1 is 1.14 bits per heavy atom. The van der Waals surface area contributed by atoms with Crippen LogP contribution in [0.4, 0.5) is 5.69 Å². The fraction of sp³-hybridized carbons (Fsp3) is 0.150. The third-order valence-corrected chi connectivity index (χ3v) is 4.92. The van der Waals surface area contributed by atoms with Crippen molar-refractivity contribution in [2.24, 2.45) is 0 Å². The highest BCUT2D eigenvalue weighted by molar-refractivity contribution is 7.13. The Bertz CT molecular complexity index is 1020. The molecule has 0 bridgehead atoms. The zero-order chi connectivity index (χ0) is 19.5. The van der Waals surface area contributed by atoms with Gasteiger partial charge in [0.25, 0.3) is 5.91 Å². The van der Waals surface area contributed by atoms with Crippen molar-refractivity contribution in [2.45, 2.75) is 13.0 Å². The number of fused-ring (bicyclic) bond motifs is 1. The number of esters is 1. The Morgan fingerprint density at radius 3 is 2.75 bits per heavy atom. The second kappa shape index (κ2) is 7.69. The molecule has 1 aliphatic heterocycles. The summed E-state index contributed by atoms with van der Waals surface area (Å²) in [4.78, 5) is 28.9. The number of hydrogen-bond acceptors (Lipinski definition) is 7. The molecule has 28 heavy (non-hydrogen) atoms. The fourth-order valence-electron chi connectivity index (χ4n) is 2.57. The molecule has 0 unspecified atom stereocenters. The maximum Gasteiger partial charge on any atom is 0.358 e. The Balaban J connectivity index is 1.37. The molecule has 0 radical (unpaired) electrons. The van der Waals surface area contributed by atoms with Crippen molar-refractivity contribution in [3.8, 4) is 22.1 Å². The summed E-state index contributed by atoms with van der Waals surface area (Å²) in [6, 6.07) is 14.6. The second-order valence-corrected chi connectivity index (χ2v) is 6.87. The molecule has 1 amide bonds. The van der Waals surface area contributed by atoms with Gasteiger partial charge in [0, 0.05) is 22.7 Å². The summed E-state index contributed by atoms with van der Waals surface area (Å²) in [5, 5.41) is 5.02. The number of nitrogens with zero attached hydrogens (tertiary/aromatic N) is 1. The van der Waals surface area contributed by atoms with Crippen LogP contribution < -0.4 is 14.8 Å². The van der Waals surface area contributed by atoms with E-state index in [9.17, 15) is 9.59 Å². The first-order valence-corrected chi connectivity index (χ1v) is 9.40. The SMILES string of the molecule is C[C@@H](OC(=O)c1csc(-c2ccccc2)n1)C(=O)Nc1ccc2c(c1)OCO2. The van der Waals surface area contributed by atoms with Gasteiger partial charge in [-0.25, -0.2) is 9.78 Å². The predicted molar refractivity (Wildman–Crippen MR) is 104 cm³/mol. The normalized spacial score (nSPS) is 13.0. The van der Waals surface area contributed by atoms with Gasteiger partial charge in [-0.2, -0.15) is 0 Å². The van der Waals surface area contributed by atoms with E-state index < -0.39 is 18.0 Å². The number of thiazole rings is 1. The average Bonchev–Trinajstić information content (AvgIpc) is 3.38. The summed E-state index contributed by atoms with van der Waals surface area (Å²) >= 11 is 1.34. The van der Waals surface area contributed by atoms with Crippen LogP contribution in [-0.4, -0.2) is 29.8 Å². The molecular weight excluding hydrogens is 380 g/mol. The molecule has 0 aliphatic carbocycles. The van der Waals surface area contributed by atoms with Gasteiger partial charge < -0.3 is 19.5 Å². The number of rotatable bonds is 5. The molecule has 0 saturated heterocycles. The van der Waals surface area contributed by atoms with Gasteiger partial charge in [-0.1, -0.05) is 30.3 Å². The van der Waals surface area contributed by atoms with Gasteiger partial charge in [0.05, 0.1) is 0 Å². The van der Waals surface area contributed by atoms with Crippen molar-refractivity contribution in [1.29, 1.82) is 0 Å². The molecule has 2 heterocycles. The van der Waals surface area contributed by atoms with E-state index in [0.29, 0.717) is 22.2 Å². The first-order chi connectivity index (χ1) is 13.6. The summed E-state index contributed by atoms with van der Waals surface area (Å²) in [6.07, 6.45) is -0.986. The number of carbonyl (C=O) groups is 2. The minimum Gasteiger partial charge on any atom is -0.454 e. The fourth-order valence-corrected chi connectivity index (χ4v) is 3.37. The summed E-state index contributed by atoms with van der Waals surface area (Å²) in [6.45, 7) is 1.66. The lowest BCUT2D eigenvalue weighted by Gasteiger charge is -2.13. The second-order valence-electron chi connectivity index (χ2n) is 6.01. The largest absolute Gasteiger partial charge is 0.454 e. The van der Waals surface area contributed by atoms with Gasteiger partial charge >= 0.3 is 5.97 Å². The van der Waals surface area contributed by atoms with Gasteiger partial charge in [-0.3, -0.25) is 4.79 Å². The molecular formula is C20H16N2O5S. The Hall–Kier alpha value is -3.39. The van der Waals surface area contributed by atoms with Gasteiger partial charge in [0.1, 0.15) is 5.01 Å². The van der Waals surface area contributed by atoms with Crippen LogP contribution in [0.5, 0.6) is 11.5 Å². The maximum absolute atomic E-state index is 12.3. The minimum atomic E-state index is -0.986. The quantitative estimate of drug-likeness (QED) is 0.662. The zero-order valence-corrected chi connectivity index (χ0v) is 15.7. The average molecular weight is 396 g/mol. The molecule has 4 rings (SSSR count). The molecule has 7 nitrogen and oxygen atoms in total. The molecule has 2 aromatic carbocycles. The summed E-state index contributed by atoms with van der Waals surface area (Å²) in [5.41, 5.74) is 1.61. The van der Waals surface area contributed by atoms with E-state index >= 15 is 0 Å². The van der Waals surface area contributed by atoms with Crippen LogP contribution >= 0.6 is 11.3 Å². The highest BCUT2D eigenvalue weighted by Crippen LogP contribution is 2.34. The standard InChI is InChI=1S/C20H16N2O5S/c1-12(18(23)21-14-7-8-16-17(9-14)26-11-25-16)27-20(24)15-10-28-19(22-15)13-5-3-2-4-6-13/h2-10,12H,11H2,1H3,(H,21,23)/t12-/m1/s1. The van der Waals surface area contributed by atoms with Crippen molar-refractivity contribution in [2.75, 3.05) is 12.1 Å². The number of carbonyl (C=O) groups excluding carboxylic acids is 2. The highest BCUT2D eigenvalue weighted by Gasteiger charge is 2.22. The molecule has 142 valence electrons. The van der Waals surface area contributed by atoms with Crippen LogP contribution in [-0.2, 0) is 9.53 Å². The van der Waals surface area contributed by atoms with E-state index in [-0.39, 0.29) is 12.5 Å². The lowest BCUT2D eigenvalue weighted by Crippen LogP contribution is -2.30. The summed E-state index contributed by atoms with van der Waals surface area (Å²) in [5.74, 6) is 0.0751. The van der Waals surface area contributed by atoms with Crippen molar-refractivity contribution < 1.29 is 23.8 Å². The van der Waals surface area contributed by atoms with Crippen molar-refractivity contribution in [3.63, 3.8) is 0 Å². The summed E-state index contributed by atoms with van der Waals surface area (Å²) in [7, 11) is 0. The summed E-state index contributed by atoms with van der Waals surface area (Å²) < 4.78 is 15.8. The van der Waals surface area contributed by atoms with Gasteiger partial charge in [-0.15, -0.1) is 11.3 Å². The van der Waals surface area contributed by atoms with E-state index in [4.69, 9.17) is 14.2 Å². The van der Waals surface area contributed by atoms with E-state index in [1.165, 1.54) is 18.3 Å². The molecule has 0 saturated carbocycles. The van der Waals surface area contributed by atoms with Gasteiger partial charge in [0.15, 0.2) is 23.3 Å². The predicted octanol–water partition coefficient (Wildman–Crippen LogP) is 3.72. The van der Waals surface area contributed by atoms with E-state index in [0.717, 1.165) is 5.56 Å². The molecule has 1 N–H and O–H groups in total. The number of aromatic nitrogens is 1. The molecule has 0 spiro atoms. The first kappa shape index (κ1) is 18.0. The van der Waals surface area contributed by atoms with Crippen LogP contribution in [0.3, 0.4) is 0 Å². The van der Waals surface area contributed by atoms with Gasteiger partial charge in [-0.05, 0) is 19.1 Å². The third kappa shape index (κ3) is 3.81. The van der Waals surface area contributed by atoms with Crippen LogP contribution in [0.15, 0.2) is 53.9 Å². The van der Waals surface area contributed by atoms with Crippen molar-refractivity contribution in [3.05, 3.63) is 59.6 Å². The van der Waals surface area contributed by atoms with Crippen molar-refractivity contribution >= 4 is 28.9 Å².